The van der Waals surface area contributed by atoms with Crippen LogP contribution in [0.15, 0.2) is 0 Å². The molecule has 17 heavy (non-hydrogen) atoms. The van der Waals surface area contributed by atoms with Crippen LogP contribution in [0.3, 0.4) is 0 Å². The molecule has 1 atom stereocenters. The lowest BCUT2D eigenvalue weighted by atomic mass is 10.00. The van der Waals surface area contributed by atoms with Crippen molar-refractivity contribution in [1.82, 2.24) is 10.2 Å². The normalized spacial score (nSPS) is 15.2. The van der Waals surface area contributed by atoms with Gasteiger partial charge in [-0.1, -0.05) is 13.8 Å². The number of nitrogens with one attached hydrogen (secondary N) is 1. The van der Waals surface area contributed by atoms with E-state index in [1.807, 2.05) is 13.8 Å². The fourth-order valence-corrected chi connectivity index (χ4v) is 2.16. The van der Waals surface area contributed by atoms with E-state index in [0.717, 1.165) is 25.9 Å². The van der Waals surface area contributed by atoms with Gasteiger partial charge < -0.3 is 10.0 Å². The highest BCUT2D eigenvalue weighted by atomic mass is 16.4. The number of carboxylic acid groups (broad SMARTS) is 1. The van der Waals surface area contributed by atoms with Gasteiger partial charge in [0.1, 0.15) is 5.54 Å². The largest absolute Gasteiger partial charge is 0.480 e. The summed E-state index contributed by atoms with van der Waals surface area (Å²) in [7, 11) is 0. The van der Waals surface area contributed by atoms with E-state index in [0.29, 0.717) is 6.54 Å². The maximum absolute atomic E-state index is 11.4. The van der Waals surface area contributed by atoms with Crippen molar-refractivity contribution in [1.29, 1.82) is 0 Å². The van der Waals surface area contributed by atoms with Crippen molar-refractivity contribution in [3.8, 4) is 0 Å². The number of carbonyl (C=O) groups is 1. The number of aliphatic carboxylic acids is 1. The van der Waals surface area contributed by atoms with Crippen LogP contribution in [0.4, 0.5) is 0 Å². The van der Waals surface area contributed by atoms with Crippen molar-refractivity contribution < 1.29 is 9.90 Å². The maximum Gasteiger partial charge on any atom is 0.324 e. The van der Waals surface area contributed by atoms with E-state index in [-0.39, 0.29) is 6.04 Å². The Morgan fingerprint density at radius 2 is 1.76 bits per heavy atom. The molecular formula is C13H28N2O2. The lowest BCUT2D eigenvalue weighted by molar-refractivity contribution is -0.145. The molecule has 0 aliphatic rings. The summed E-state index contributed by atoms with van der Waals surface area (Å²) in [4.78, 5) is 13.6. The molecule has 2 N–H and O–H groups in total. The van der Waals surface area contributed by atoms with Crippen LogP contribution in [0.2, 0.25) is 0 Å². The molecule has 4 nitrogen and oxygen atoms in total. The molecule has 0 saturated carbocycles. The van der Waals surface area contributed by atoms with Gasteiger partial charge in [-0.15, -0.1) is 0 Å². The Labute approximate surface area is 105 Å². The molecule has 0 heterocycles. The van der Waals surface area contributed by atoms with E-state index in [9.17, 15) is 9.90 Å². The quantitative estimate of drug-likeness (QED) is 0.651. The highest BCUT2D eigenvalue weighted by Crippen LogP contribution is 2.10. The molecule has 0 bridgehead atoms. The van der Waals surface area contributed by atoms with Gasteiger partial charge in [-0.05, 0) is 46.7 Å². The molecule has 0 radical (unpaired) electrons. The Bertz CT molecular complexity index is 225. The standard InChI is InChI=1S/C13H28N2O2/c1-6-8-15(9-7-2)10-13(5,12(16)17)14-11(3)4/h11,14H,6-10H2,1-5H3,(H,16,17). The van der Waals surface area contributed by atoms with Crippen LogP contribution in [0.25, 0.3) is 0 Å². The predicted octanol–water partition coefficient (Wildman–Crippen LogP) is 1.95. The van der Waals surface area contributed by atoms with Crippen LogP contribution in [-0.2, 0) is 4.79 Å². The third-order valence-electron chi connectivity index (χ3n) is 2.70. The first-order chi connectivity index (χ1) is 7.85. The predicted molar refractivity (Wildman–Crippen MR) is 71.3 cm³/mol. The van der Waals surface area contributed by atoms with Gasteiger partial charge >= 0.3 is 5.97 Å². The molecule has 4 heteroatoms. The van der Waals surface area contributed by atoms with E-state index in [2.05, 4.69) is 24.1 Å². The van der Waals surface area contributed by atoms with Crippen molar-refractivity contribution in [3.63, 3.8) is 0 Å². The summed E-state index contributed by atoms with van der Waals surface area (Å²) in [6, 6.07) is 0.168. The average Bonchev–Trinajstić information content (AvgIpc) is 2.16. The highest BCUT2D eigenvalue weighted by Gasteiger charge is 2.35. The second-order valence-corrected chi connectivity index (χ2v) is 5.21. The fraction of sp³-hybridized carbons (Fsp3) is 0.923. The Kier molecular flexibility index (Phi) is 7.39. The summed E-state index contributed by atoms with van der Waals surface area (Å²) < 4.78 is 0. The molecular weight excluding hydrogens is 216 g/mol. The van der Waals surface area contributed by atoms with Gasteiger partial charge in [0.2, 0.25) is 0 Å². The van der Waals surface area contributed by atoms with Crippen LogP contribution in [0.5, 0.6) is 0 Å². The smallest absolute Gasteiger partial charge is 0.324 e. The van der Waals surface area contributed by atoms with E-state index >= 15 is 0 Å². The molecule has 0 aromatic rings. The monoisotopic (exact) mass is 244 g/mol. The molecule has 0 amide bonds. The summed E-state index contributed by atoms with van der Waals surface area (Å²) >= 11 is 0. The average molecular weight is 244 g/mol. The second-order valence-electron chi connectivity index (χ2n) is 5.21. The van der Waals surface area contributed by atoms with Gasteiger partial charge in [-0.3, -0.25) is 10.1 Å². The van der Waals surface area contributed by atoms with E-state index in [1.165, 1.54) is 0 Å². The molecule has 0 spiro atoms. The minimum atomic E-state index is -0.863. The Hall–Kier alpha value is -0.610. The summed E-state index contributed by atoms with van der Waals surface area (Å²) in [5, 5.41) is 12.5. The van der Waals surface area contributed by atoms with E-state index in [1.54, 1.807) is 6.92 Å². The van der Waals surface area contributed by atoms with Crippen molar-refractivity contribution in [2.24, 2.45) is 0 Å². The minimum absolute atomic E-state index is 0.168. The minimum Gasteiger partial charge on any atom is -0.480 e. The summed E-state index contributed by atoms with van der Waals surface area (Å²) in [6.07, 6.45) is 2.11. The first kappa shape index (κ1) is 16.4. The summed E-state index contributed by atoms with van der Waals surface area (Å²) in [5.41, 5.74) is -0.863. The number of rotatable bonds is 9. The first-order valence-electron chi connectivity index (χ1n) is 6.59. The molecule has 1 unspecified atom stereocenters. The van der Waals surface area contributed by atoms with Crippen LogP contribution in [-0.4, -0.2) is 47.2 Å². The lowest BCUT2D eigenvalue weighted by Gasteiger charge is -2.34. The molecule has 0 aliphatic heterocycles. The van der Waals surface area contributed by atoms with Gasteiger partial charge in [0, 0.05) is 12.6 Å². The Morgan fingerprint density at radius 3 is 2.06 bits per heavy atom. The van der Waals surface area contributed by atoms with Gasteiger partial charge in [0.05, 0.1) is 0 Å². The number of carboxylic acids is 1. The van der Waals surface area contributed by atoms with Gasteiger partial charge in [-0.25, -0.2) is 0 Å². The van der Waals surface area contributed by atoms with Crippen molar-refractivity contribution in [3.05, 3.63) is 0 Å². The zero-order valence-electron chi connectivity index (χ0n) is 11.9. The summed E-state index contributed by atoms with van der Waals surface area (Å²) in [6.45, 7) is 12.4. The molecule has 0 fully saturated rings. The van der Waals surface area contributed by atoms with Crippen LogP contribution >= 0.6 is 0 Å². The Morgan fingerprint density at radius 1 is 1.29 bits per heavy atom. The first-order valence-corrected chi connectivity index (χ1v) is 6.59. The van der Waals surface area contributed by atoms with Crippen LogP contribution in [0.1, 0.15) is 47.5 Å². The number of hydrogen-bond donors (Lipinski definition) is 2. The van der Waals surface area contributed by atoms with Gasteiger partial charge in [-0.2, -0.15) is 0 Å². The zero-order valence-corrected chi connectivity index (χ0v) is 11.9. The third-order valence-corrected chi connectivity index (χ3v) is 2.70. The van der Waals surface area contributed by atoms with Crippen molar-refractivity contribution >= 4 is 5.97 Å². The maximum atomic E-state index is 11.4. The molecule has 0 saturated heterocycles. The Balaban J connectivity index is 4.63. The van der Waals surface area contributed by atoms with Crippen LogP contribution in [0, 0.1) is 0 Å². The number of nitrogens with zero attached hydrogens (tertiary/aromatic N) is 1. The van der Waals surface area contributed by atoms with Gasteiger partial charge in [0.15, 0.2) is 0 Å². The van der Waals surface area contributed by atoms with Gasteiger partial charge in [0.25, 0.3) is 0 Å². The molecule has 0 aromatic carbocycles. The fourth-order valence-electron chi connectivity index (χ4n) is 2.16. The molecule has 102 valence electrons. The third kappa shape index (κ3) is 6.03. The number of hydrogen-bond acceptors (Lipinski definition) is 3. The SMILES string of the molecule is CCCN(CCC)CC(C)(NC(C)C)C(=O)O. The summed E-state index contributed by atoms with van der Waals surface area (Å²) in [5.74, 6) is -0.775. The zero-order chi connectivity index (χ0) is 13.5. The van der Waals surface area contributed by atoms with Crippen molar-refractivity contribution in [2.75, 3.05) is 19.6 Å². The van der Waals surface area contributed by atoms with Crippen molar-refractivity contribution in [2.45, 2.75) is 59.0 Å². The molecule has 0 rings (SSSR count). The van der Waals surface area contributed by atoms with Crippen LogP contribution < -0.4 is 5.32 Å². The van der Waals surface area contributed by atoms with E-state index < -0.39 is 11.5 Å². The highest BCUT2D eigenvalue weighted by molar-refractivity contribution is 5.78. The molecule has 0 aromatic heterocycles. The molecule has 0 aliphatic carbocycles. The lowest BCUT2D eigenvalue weighted by Crippen LogP contribution is -2.59. The second kappa shape index (κ2) is 7.67. The topological polar surface area (TPSA) is 52.6 Å². The van der Waals surface area contributed by atoms with E-state index in [4.69, 9.17) is 0 Å².